The average molecular weight is 366 g/mol. The van der Waals surface area contributed by atoms with Gasteiger partial charge in [0.25, 0.3) is 11.1 Å². The lowest BCUT2D eigenvalue weighted by molar-refractivity contribution is 0.641. The zero-order chi connectivity index (χ0) is 19.1. The van der Waals surface area contributed by atoms with Crippen LogP contribution < -0.4 is 22.6 Å². The van der Waals surface area contributed by atoms with Gasteiger partial charge in [-0.25, -0.2) is 4.98 Å². The van der Waals surface area contributed by atoms with E-state index in [0.717, 1.165) is 0 Å². The first-order valence-corrected chi connectivity index (χ1v) is 8.45. The molecule has 0 aliphatic rings. The number of anilines is 2. The minimum Gasteiger partial charge on any atom is -0.385 e. The molecule has 7 N–H and O–H groups in total. The van der Waals surface area contributed by atoms with E-state index in [1.165, 1.54) is 6.33 Å². The van der Waals surface area contributed by atoms with E-state index in [4.69, 9.17) is 23.7 Å². The Morgan fingerprint density at radius 1 is 1.00 bits per heavy atom. The molecule has 0 aliphatic heterocycles. The summed E-state index contributed by atoms with van der Waals surface area (Å²) in [6, 6.07) is 0. The molecule has 0 radical (unpaired) electrons. The van der Waals surface area contributed by atoms with Gasteiger partial charge in [-0.2, -0.15) is 0 Å². The summed E-state index contributed by atoms with van der Waals surface area (Å²) in [5.74, 6) is 1.53. The Balaban J connectivity index is 0.000000251. The number of H-pyrrole nitrogens is 3. The van der Waals surface area contributed by atoms with Crippen LogP contribution in [0.25, 0.3) is 0 Å². The Hall–Kier alpha value is -2.42. The summed E-state index contributed by atoms with van der Waals surface area (Å²) in [4.78, 5) is 34.1. The van der Waals surface area contributed by atoms with E-state index in [0.29, 0.717) is 47.4 Å². The molecule has 0 spiro atoms. The van der Waals surface area contributed by atoms with Crippen molar-refractivity contribution in [2.45, 2.75) is 40.5 Å². The van der Waals surface area contributed by atoms with Gasteiger partial charge in [0.2, 0.25) is 0 Å². The molecule has 0 saturated carbocycles. The Kier molecular flexibility index (Phi) is 7.56. The van der Waals surface area contributed by atoms with Crippen LogP contribution in [0.4, 0.5) is 11.6 Å². The standard InChI is InChI=1S/C8H13N3OS.C8H13N3O/c1-4(2)3-5-6(9)10-8(13)11-7(5)12;1-5(2)3-6-7(9)10-4-11-8(6)12/h4H,3H2,1-2H3,(H4,9,10,11,12,13);4-5H,3H2,1-2H3,(H3,9,10,11,12). The molecule has 0 amide bonds. The quantitative estimate of drug-likeness (QED) is 0.521. The first kappa shape index (κ1) is 20.6. The van der Waals surface area contributed by atoms with Gasteiger partial charge in [0.15, 0.2) is 4.77 Å². The highest BCUT2D eigenvalue weighted by atomic mass is 32.1. The van der Waals surface area contributed by atoms with Crippen molar-refractivity contribution in [1.29, 1.82) is 0 Å². The summed E-state index contributed by atoms with van der Waals surface area (Å²) in [5.41, 5.74) is 12.0. The minimum absolute atomic E-state index is 0.129. The number of nitrogens with one attached hydrogen (secondary N) is 3. The number of hydrogen-bond acceptors (Lipinski definition) is 6. The van der Waals surface area contributed by atoms with Crippen molar-refractivity contribution in [3.63, 3.8) is 0 Å². The third-order valence-corrected chi connectivity index (χ3v) is 3.49. The smallest absolute Gasteiger partial charge is 0.256 e. The Morgan fingerprint density at radius 2 is 1.56 bits per heavy atom. The van der Waals surface area contributed by atoms with Gasteiger partial charge in [0, 0.05) is 0 Å². The Labute approximate surface area is 151 Å². The van der Waals surface area contributed by atoms with Gasteiger partial charge in [-0.3, -0.25) is 14.6 Å². The summed E-state index contributed by atoms with van der Waals surface area (Å²) in [6.45, 7) is 8.12. The lowest BCUT2D eigenvalue weighted by Crippen LogP contribution is -2.18. The molecule has 0 bridgehead atoms. The predicted octanol–water partition coefficient (Wildman–Crippen LogP) is 1.76. The van der Waals surface area contributed by atoms with Crippen molar-refractivity contribution in [1.82, 2.24) is 19.9 Å². The molecule has 0 atom stereocenters. The highest BCUT2D eigenvalue weighted by Gasteiger charge is 2.07. The average Bonchev–Trinajstić information content (AvgIpc) is 2.47. The molecule has 0 unspecified atom stereocenters. The molecule has 25 heavy (non-hydrogen) atoms. The van der Waals surface area contributed by atoms with Crippen molar-refractivity contribution in [2.75, 3.05) is 11.5 Å². The number of nitrogens with two attached hydrogens (primary N) is 2. The van der Waals surface area contributed by atoms with E-state index in [2.05, 4.69) is 19.9 Å². The van der Waals surface area contributed by atoms with E-state index < -0.39 is 0 Å². The van der Waals surface area contributed by atoms with Crippen LogP contribution in [-0.2, 0) is 12.8 Å². The second-order valence-electron chi connectivity index (χ2n) is 6.59. The van der Waals surface area contributed by atoms with E-state index >= 15 is 0 Å². The fraction of sp³-hybridized carbons (Fsp3) is 0.500. The van der Waals surface area contributed by atoms with Gasteiger partial charge in [0.05, 0.1) is 17.5 Å². The van der Waals surface area contributed by atoms with Gasteiger partial charge in [0.1, 0.15) is 11.6 Å². The fourth-order valence-corrected chi connectivity index (χ4v) is 2.39. The highest BCUT2D eigenvalue weighted by molar-refractivity contribution is 7.71. The van der Waals surface area contributed by atoms with Crippen LogP contribution >= 0.6 is 12.2 Å². The molecule has 0 aromatic carbocycles. The molecule has 2 heterocycles. The second-order valence-corrected chi connectivity index (χ2v) is 7.00. The van der Waals surface area contributed by atoms with Crippen LogP contribution in [0.1, 0.15) is 38.8 Å². The molecule has 2 aromatic heterocycles. The summed E-state index contributed by atoms with van der Waals surface area (Å²) < 4.78 is 0.273. The topological polar surface area (TPSA) is 146 Å². The molecule has 2 rings (SSSR count). The summed E-state index contributed by atoms with van der Waals surface area (Å²) in [5, 5.41) is 0. The van der Waals surface area contributed by atoms with Crippen molar-refractivity contribution >= 4 is 23.9 Å². The van der Waals surface area contributed by atoms with Gasteiger partial charge in [-0.15, -0.1) is 0 Å². The number of nitrogen functional groups attached to an aromatic ring is 2. The summed E-state index contributed by atoms with van der Waals surface area (Å²) in [7, 11) is 0. The first-order valence-electron chi connectivity index (χ1n) is 8.04. The van der Waals surface area contributed by atoms with Crippen LogP contribution in [-0.4, -0.2) is 19.9 Å². The Bertz CT molecular complexity index is 866. The second kappa shape index (κ2) is 9.16. The number of aromatic nitrogens is 4. The molecule has 0 fully saturated rings. The maximum atomic E-state index is 11.4. The van der Waals surface area contributed by atoms with Gasteiger partial charge in [-0.1, -0.05) is 27.7 Å². The normalized spacial score (nSPS) is 10.6. The first-order chi connectivity index (χ1) is 11.6. The lowest BCUT2D eigenvalue weighted by atomic mass is 10.1. The zero-order valence-corrected chi connectivity index (χ0v) is 15.8. The van der Waals surface area contributed by atoms with Crippen LogP contribution in [0.5, 0.6) is 0 Å². The number of aromatic amines is 3. The summed E-state index contributed by atoms with van der Waals surface area (Å²) >= 11 is 4.77. The number of nitrogens with zero attached hydrogens (tertiary/aromatic N) is 1. The third-order valence-electron chi connectivity index (χ3n) is 3.28. The molecule has 138 valence electrons. The van der Waals surface area contributed by atoms with E-state index in [1.807, 2.05) is 27.7 Å². The SMILES string of the molecule is CC(C)Cc1c(N)[nH]c(=S)[nH]c1=O.CC(C)Cc1c(N)nc[nH]c1=O. The van der Waals surface area contributed by atoms with Gasteiger partial charge >= 0.3 is 0 Å². The third kappa shape index (κ3) is 6.54. The maximum Gasteiger partial charge on any atom is 0.256 e. The largest absolute Gasteiger partial charge is 0.385 e. The van der Waals surface area contributed by atoms with Crippen molar-refractivity contribution in [2.24, 2.45) is 11.8 Å². The summed E-state index contributed by atoms with van der Waals surface area (Å²) in [6.07, 6.45) is 2.66. The van der Waals surface area contributed by atoms with Crippen LogP contribution in [0.3, 0.4) is 0 Å². The van der Waals surface area contributed by atoms with Crippen LogP contribution in [0.15, 0.2) is 15.9 Å². The number of hydrogen-bond donors (Lipinski definition) is 5. The van der Waals surface area contributed by atoms with E-state index in [1.54, 1.807) is 0 Å². The Morgan fingerprint density at radius 3 is 2.04 bits per heavy atom. The van der Waals surface area contributed by atoms with Crippen LogP contribution in [0, 0.1) is 16.6 Å². The van der Waals surface area contributed by atoms with Gasteiger partial charge in [-0.05, 0) is 36.9 Å². The molecule has 0 aliphatic carbocycles. The lowest BCUT2D eigenvalue weighted by Gasteiger charge is -2.06. The molecule has 9 heteroatoms. The zero-order valence-electron chi connectivity index (χ0n) is 15.0. The highest BCUT2D eigenvalue weighted by Crippen LogP contribution is 2.08. The van der Waals surface area contributed by atoms with Crippen molar-refractivity contribution in [3.8, 4) is 0 Å². The van der Waals surface area contributed by atoms with Gasteiger partial charge < -0.3 is 21.4 Å². The minimum atomic E-state index is -0.185. The fourth-order valence-electron chi connectivity index (χ4n) is 2.19. The molecule has 8 nitrogen and oxygen atoms in total. The van der Waals surface area contributed by atoms with Crippen molar-refractivity contribution in [3.05, 3.63) is 42.9 Å². The van der Waals surface area contributed by atoms with Crippen molar-refractivity contribution < 1.29 is 0 Å². The maximum absolute atomic E-state index is 11.4. The molecular formula is C16H26N6O2S. The predicted molar refractivity (Wildman–Crippen MR) is 103 cm³/mol. The van der Waals surface area contributed by atoms with E-state index in [9.17, 15) is 9.59 Å². The van der Waals surface area contributed by atoms with Crippen LogP contribution in [0.2, 0.25) is 0 Å². The molecular weight excluding hydrogens is 340 g/mol. The molecule has 2 aromatic rings. The molecule has 0 saturated heterocycles. The monoisotopic (exact) mass is 366 g/mol. The van der Waals surface area contributed by atoms with E-state index in [-0.39, 0.29) is 15.9 Å². The number of rotatable bonds is 4.